The van der Waals surface area contributed by atoms with Crippen molar-refractivity contribution >= 4 is 32.3 Å². The van der Waals surface area contributed by atoms with Gasteiger partial charge in [0.25, 0.3) is 0 Å². The summed E-state index contributed by atoms with van der Waals surface area (Å²) in [6, 6.07) is 7.59. The molecule has 3 nitrogen and oxygen atoms in total. The fourth-order valence-corrected chi connectivity index (χ4v) is 2.90. The minimum Gasteiger partial charge on any atom is -0.346 e. The van der Waals surface area contributed by atoms with E-state index in [0.717, 1.165) is 10.9 Å². The number of benzene rings is 1. The van der Waals surface area contributed by atoms with Crippen molar-refractivity contribution in [2.45, 2.75) is 25.6 Å². The van der Waals surface area contributed by atoms with Gasteiger partial charge in [-0.2, -0.15) is 0 Å². The van der Waals surface area contributed by atoms with Gasteiger partial charge < -0.3 is 4.57 Å². The molecule has 1 heterocycles. The molecular formula is C13H16ClNO2S. The lowest BCUT2D eigenvalue weighted by molar-refractivity contribution is 0.581. The Labute approximate surface area is 112 Å². The average Bonchev–Trinajstić information content (AvgIpc) is 2.68. The van der Waals surface area contributed by atoms with Crippen LogP contribution in [-0.2, 0) is 16.4 Å². The van der Waals surface area contributed by atoms with Crippen molar-refractivity contribution in [2.75, 3.05) is 5.75 Å². The van der Waals surface area contributed by atoms with Gasteiger partial charge in [0.1, 0.15) is 0 Å². The summed E-state index contributed by atoms with van der Waals surface area (Å²) in [5, 5.41) is 1.40. The van der Waals surface area contributed by atoms with E-state index >= 15 is 0 Å². The van der Waals surface area contributed by atoms with Gasteiger partial charge >= 0.3 is 0 Å². The Morgan fingerprint density at radius 2 is 2.00 bits per heavy atom. The van der Waals surface area contributed by atoms with Crippen LogP contribution in [0.3, 0.4) is 0 Å². The third-order valence-electron chi connectivity index (χ3n) is 3.07. The molecule has 18 heavy (non-hydrogen) atoms. The van der Waals surface area contributed by atoms with Crippen LogP contribution in [0.15, 0.2) is 30.5 Å². The summed E-state index contributed by atoms with van der Waals surface area (Å²) in [4.78, 5) is 0. The summed E-state index contributed by atoms with van der Waals surface area (Å²) in [5.41, 5.74) is 0.974. The second-order valence-electron chi connectivity index (χ2n) is 4.63. The molecule has 2 rings (SSSR count). The highest BCUT2D eigenvalue weighted by Gasteiger charge is 2.16. The van der Waals surface area contributed by atoms with Crippen molar-refractivity contribution in [1.82, 2.24) is 4.57 Å². The van der Waals surface area contributed by atoms with Crippen LogP contribution in [0.5, 0.6) is 0 Å². The maximum atomic E-state index is 11.8. The Kier molecular flexibility index (Phi) is 3.69. The first-order chi connectivity index (χ1) is 8.40. The summed E-state index contributed by atoms with van der Waals surface area (Å²) in [5.74, 6) is 0.154. The number of hydrogen-bond donors (Lipinski definition) is 0. The molecule has 5 heteroatoms. The first-order valence-electron chi connectivity index (χ1n) is 5.86. The van der Waals surface area contributed by atoms with Crippen molar-refractivity contribution in [3.63, 3.8) is 0 Å². The Morgan fingerprint density at radius 1 is 1.28 bits per heavy atom. The standard InChI is InChI=1S/C13H16ClNO2S/c1-10(2)18(16,17)8-7-15-6-5-11-3-4-12(14)9-13(11)15/h3-6,9-10H,7-8H2,1-2H3. The zero-order valence-electron chi connectivity index (χ0n) is 10.4. The molecule has 0 atom stereocenters. The molecule has 0 saturated heterocycles. The van der Waals surface area contributed by atoms with Gasteiger partial charge in [-0.15, -0.1) is 0 Å². The zero-order chi connectivity index (χ0) is 13.3. The van der Waals surface area contributed by atoms with E-state index in [-0.39, 0.29) is 11.0 Å². The average molecular weight is 286 g/mol. The number of sulfone groups is 1. The fourth-order valence-electron chi connectivity index (χ4n) is 1.81. The number of rotatable bonds is 4. The Morgan fingerprint density at radius 3 is 2.67 bits per heavy atom. The zero-order valence-corrected chi connectivity index (χ0v) is 12.0. The quantitative estimate of drug-likeness (QED) is 0.866. The van der Waals surface area contributed by atoms with Gasteiger partial charge in [0.2, 0.25) is 0 Å². The molecule has 0 spiro atoms. The van der Waals surface area contributed by atoms with Gasteiger partial charge in [-0.3, -0.25) is 0 Å². The maximum Gasteiger partial charge on any atom is 0.154 e. The second-order valence-corrected chi connectivity index (χ2v) is 7.74. The molecule has 0 bridgehead atoms. The molecule has 0 fully saturated rings. The largest absolute Gasteiger partial charge is 0.346 e. The first kappa shape index (κ1) is 13.4. The maximum absolute atomic E-state index is 11.8. The van der Waals surface area contributed by atoms with Gasteiger partial charge in [0.15, 0.2) is 9.84 Å². The van der Waals surface area contributed by atoms with Crippen LogP contribution >= 0.6 is 11.6 Å². The smallest absolute Gasteiger partial charge is 0.154 e. The van der Waals surface area contributed by atoms with Crippen LogP contribution in [-0.4, -0.2) is 24.0 Å². The molecule has 0 unspecified atom stereocenters. The lowest BCUT2D eigenvalue weighted by atomic mass is 10.2. The molecule has 0 aliphatic carbocycles. The minimum atomic E-state index is -3.01. The van der Waals surface area contributed by atoms with Gasteiger partial charge in [-0.25, -0.2) is 8.42 Å². The summed E-state index contributed by atoms with van der Waals surface area (Å²) >= 11 is 5.96. The van der Waals surface area contributed by atoms with Gasteiger partial charge in [-0.1, -0.05) is 17.7 Å². The highest BCUT2D eigenvalue weighted by molar-refractivity contribution is 7.91. The highest BCUT2D eigenvalue weighted by atomic mass is 35.5. The first-order valence-corrected chi connectivity index (χ1v) is 7.95. The van der Waals surface area contributed by atoms with Crippen molar-refractivity contribution in [3.05, 3.63) is 35.5 Å². The van der Waals surface area contributed by atoms with Crippen molar-refractivity contribution < 1.29 is 8.42 Å². The Balaban J connectivity index is 2.25. The van der Waals surface area contributed by atoms with Crippen LogP contribution in [0, 0.1) is 0 Å². The number of nitrogens with zero attached hydrogens (tertiary/aromatic N) is 1. The molecule has 0 amide bonds. The third kappa shape index (κ3) is 2.70. The molecule has 1 aromatic carbocycles. The number of fused-ring (bicyclic) bond motifs is 1. The number of halogens is 1. The Bertz CT molecular complexity index is 659. The van der Waals surface area contributed by atoms with Crippen molar-refractivity contribution in [3.8, 4) is 0 Å². The van der Waals surface area contributed by atoms with E-state index in [2.05, 4.69) is 0 Å². The van der Waals surface area contributed by atoms with E-state index in [1.165, 1.54) is 0 Å². The van der Waals surface area contributed by atoms with Crippen LogP contribution in [0.4, 0.5) is 0 Å². The molecule has 1 aromatic heterocycles. The molecular weight excluding hydrogens is 270 g/mol. The lowest BCUT2D eigenvalue weighted by Crippen LogP contribution is -2.20. The van der Waals surface area contributed by atoms with E-state index < -0.39 is 9.84 Å². The van der Waals surface area contributed by atoms with E-state index in [0.29, 0.717) is 11.6 Å². The molecule has 0 N–H and O–H groups in total. The normalized spacial score (nSPS) is 12.4. The van der Waals surface area contributed by atoms with Crippen LogP contribution in [0.25, 0.3) is 10.9 Å². The van der Waals surface area contributed by atoms with E-state index in [1.807, 2.05) is 35.0 Å². The van der Waals surface area contributed by atoms with Crippen LogP contribution in [0.1, 0.15) is 13.8 Å². The van der Waals surface area contributed by atoms with Crippen LogP contribution in [0.2, 0.25) is 5.02 Å². The summed E-state index contributed by atoms with van der Waals surface area (Å²) < 4.78 is 25.5. The molecule has 2 aromatic rings. The molecule has 0 saturated carbocycles. The van der Waals surface area contributed by atoms with Gasteiger partial charge in [-0.05, 0) is 37.4 Å². The SMILES string of the molecule is CC(C)S(=O)(=O)CCn1ccc2ccc(Cl)cc21. The summed E-state index contributed by atoms with van der Waals surface area (Å²) in [6.07, 6.45) is 1.90. The van der Waals surface area contributed by atoms with Crippen molar-refractivity contribution in [2.24, 2.45) is 0 Å². The predicted molar refractivity (Wildman–Crippen MR) is 75.9 cm³/mol. The third-order valence-corrected chi connectivity index (χ3v) is 5.49. The summed E-state index contributed by atoms with van der Waals surface area (Å²) in [6.45, 7) is 3.88. The fraction of sp³-hybridized carbons (Fsp3) is 0.385. The van der Waals surface area contributed by atoms with E-state index in [1.54, 1.807) is 13.8 Å². The molecule has 98 valence electrons. The van der Waals surface area contributed by atoms with E-state index in [4.69, 9.17) is 11.6 Å². The van der Waals surface area contributed by atoms with Gasteiger partial charge in [0, 0.05) is 23.3 Å². The van der Waals surface area contributed by atoms with Gasteiger partial charge in [0.05, 0.1) is 11.0 Å². The summed E-state index contributed by atoms with van der Waals surface area (Å²) in [7, 11) is -3.01. The molecule has 0 aliphatic heterocycles. The van der Waals surface area contributed by atoms with Crippen LogP contribution < -0.4 is 0 Å². The highest BCUT2D eigenvalue weighted by Crippen LogP contribution is 2.20. The number of aromatic nitrogens is 1. The molecule has 0 aliphatic rings. The number of hydrogen-bond acceptors (Lipinski definition) is 2. The lowest BCUT2D eigenvalue weighted by Gasteiger charge is -2.09. The van der Waals surface area contributed by atoms with E-state index in [9.17, 15) is 8.42 Å². The predicted octanol–water partition coefficient (Wildman–Crippen LogP) is 3.12. The minimum absolute atomic E-state index is 0.154. The molecule has 0 radical (unpaired) electrons. The topological polar surface area (TPSA) is 39.1 Å². The Hall–Kier alpha value is -1.00. The second kappa shape index (κ2) is 4.94. The number of aryl methyl sites for hydroxylation is 1. The van der Waals surface area contributed by atoms with Crippen molar-refractivity contribution in [1.29, 1.82) is 0 Å². The monoisotopic (exact) mass is 285 g/mol.